The van der Waals surface area contributed by atoms with E-state index in [1.807, 2.05) is 30.3 Å². The van der Waals surface area contributed by atoms with Gasteiger partial charge in [-0.2, -0.15) is 4.98 Å². The maximum absolute atomic E-state index is 12.4. The third-order valence-corrected chi connectivity index (χ3v) is 3.85. The van der Waals surface area contributed by atoms with Crippen LogP contribution in [0.1, 0.15) is 20.8 Å². The summed E-state index contributed by atoms with van der Waals surface area (Å²) in [5.74, 6) is -0.811. The summed E-state index contributed by atoms with van der Waals surface area (Å²) in [5, 5.41) is 6.17. The van der Waals surface area contributed by atoms with Crippen molar-refractivity contribution >= 4 is 34.4 Å². The summed E-state index contributed by atoms with van der Waals surface area (Å²) in [7, 11) is 0. The zero-order chi connectivity index (χ0) is 18.6. The lowest BCUT2D eigenvalue weighted by Crippen LogP contribution is -2.14. The minimum atomic E-state index is -0.442. The van der Waals surface area contributed by atoms with Gasteiger partial charge in [0.2, 0.25) is 0 Å². The maximum Gasteiger partial charge on any atom is 0.302 e. The molecule has 7 nitrogen and oxygen atoms in total. The van der Waals surface area contributed by atoms with Crippen LogP contribution in [0.4, 0.5) is 11.7 Å². The molecule has 27 heavy (non-hydrogen) atoms. The number of hydrogen-bond acceptors (Lipinski definition) is 5. The van der Waals surface area contributed by atoms with Gasteiger partial charge < -0.3 is 9.73 Å². The number of pyridine rings is 1. The van der Waals surface area contributed by atoms with Crippen LogP contribution >= 0.6 is 0 Å². The van der Waals surface area contributed by atoms with Crippen molar-refractivity contribution in [2.45, 2.75) is 0 Å². The Hall–Kier alpha value is -4.00. The largest absolute Gasteiger partial charge is 0.431 e. The third kappa shape index (κ3) is 3.67. The topological polar surface area (TPSA) is 97.1 Å². The summed E-state index contributed by atoms with van der Waals surface area (Å²) >= 11 is 0. The van der Waals surface area contributed by atoms with Gasteiger partial charge in [0.15, 0.2) is 5.69 Å². The Balaban J connectivity index is 1.45. The van der Waals surface area contributed by atoms with Crippen molar-refractivity contribution in [1.29, 1.82) is 0 Å². The van der Waals surface area contributed by atoms with Gasteiger partial charge in [0.1, 0.15) is 6.26 Å². The van der Waals surface area contributed by atoms with E-state index in [2.05, 4.69) is 20.6 Å². The smallest absolute Gasteiger partial charge is 0.302 e. The lowest BCUT2D eigenvalue weighted by molar-refractivity contribution is 0.101. The van der Waals surface area contributed by atoms with Gasteiger partial charge in [0.25, 0.3) is 11.8 Å². The summed E-state index contributed by atoms with van der Waals surface area (Å²) in [6.45, 7) is 0. The van der Waals surface area contributed by atoms with Crippen molar-refractivity contribution in [2.75, 3.05) is 10.6 Å². The molecular weight excluding hydrogens is 344 g/mol. The molecular formula is C20H14N4O3. The van der Waals surface area contributed by atoms with Gasteiger partial charge in [-0.05, 0) is 36.4 Å². The molecule has 0 aliphatic rings. The molecule has 0 spiro atoms. The van der Waals surface area contributed by atoms with Gasteiger partial charge in [-0.15, -0.1) is 0 Å². The van der Waals surface area contributed by atoms with Crippen molar-refractivity contribution < 1.29 is 14.0 Å². The van der Waals surface area contributed by atoms with Gasteiger partial charge in [-0.25, -0.2) is 0 Å². The lowest BCUT2D eigenvalue weighted by atomic mass is 10.2. The molecule has 0 bridgehead atoms. The van der Waals surface area contributed by atoms with Crippen molar-refractivity contribution in [3.63, 3.8) is 0 Å². The fourth-order valence-electron chi connectivity index (χ4n) is 2.54. The molecule has 0 aliphatic carbocycles. The summed E-state index contributed by atoms with van der Waals surface area (Å²) in [6.07, 6.45) is 2.90. The van der Waals surface area contributed by atoms with Crippen molar-refractivity contribution in [2.24, 2.45) is 0 Å². The van der Waals surface area contributed by atoms with Crippen LogP contribution in [0.25, 0.3) is 10.9 Å². The second-order valence-electron chi connectivity index (χ2n) is 5.72. The summed E-state index contributed by atoms with van der Waals surface area (Å²) < 4.78 is 5.17. The molecule has 2 heterocycles. The van der Waals surface area contributed by atoms with Crippen LogP contribution in [-0.2, 0) is 0 Å². The first-order valence-electron chi connectivity index (χ1n) is 8.17. The first-order chi connectivity index (χ1) is 13.2. The number of amides is 2. The number of oxazole rings is 1. The zero-order valence-electron chi connectivity index (χ0n) is 14.0. The molecule has 0 unspecified atom stereocenters. The Bertz CT molecular complexity index is 1120. The molecule has 7 heteroatoms. The molecule has 0 saturated carbocycles. The Labute approximate surface area is 154 Å². The standard InChI is InChI=1S/C20H14N4O3/c25-18(13-5-2-1-3-6-13)24-20-23-17(12-27-20)19(26)22-15-8-9-16-14(11-15)7-4-10-21-16/h1-12H,(H,22,26)(H,23,24,25). The fraction of sp³-hybridized carbons (Fsp3) is 0. The summed E-state index contributed by atoms with van der Waals surface area (Å²) in [5.41, 5.74) is 1.97. The molecule has 132 valence electrons. The highest BCUT2D eigenvalue weighted by Gasteiger charge is 2.15. The number of carbonyl (C=O) groups excluding carboxylic acids is 2. The van der Waals surface area contributed by atoms with E-state index in [1.165, 1.54) is 6.26 Å². The first-order valence-corrected chi connectivity index (χ1v) is 8.17. The minimum Gasteiger partial charge on any atom is -0.431 e. The molecule has 2 aromatic heterocycles. The highest BCUT2D eigenvalue weighted by molar-refractivity contribution is 6.05. The maximum atomic E-state index is 12.4. The summed E-state index contributed by atoms with van der Waals surface area (Å²) in [4.78, 5) is 32.7. The molecule has 0 fully saturated rings. The van der Waals surface area contributed by atoms with Crippen LogP contribution in [0.2, 0.25) is 0 Å². The average Bonchev–Trinajstić information content (AvgIpc) is 3.17. The van der Waals surface area contributed by atoms with Crippen LogP contribution in [0, 0.1) is 0 Å². The number of carbonyl (C=O) groups is 2. The van der Waals surface area contributed by atoms with Crippen LogP contribution in [-0.4, -0.2) is 21.8 Å². The van der Waals surface area contributed by atoms with E-state index >= 15 is 0 Å². The predicted molar refractivity (Wildman–Crippen MR) is 101 cm³/mol. The van der Waals surface area contributed by atoms with E-state index in [0.29, 0.717) is 11.3 Å². The number of hydrogen-bond donors (Lipinski definition) is 2. The van der Waals surface area contributed by atoms with Crippen molar-refractivity contribution in [1.82, 2.24) is 9.97 Å². The predicted octanol–water partition coefficient (Wildman–Crippen LogP) is 3.73. The average molecular weight is 358 g/mol. The zero-order valence-corrected chi connectivity index (χ0v) is 14.0. The van der Waals surface area contributed by atoms with Crippen LogP contribution < -0.4 is 10.6 Å². The fourth-order valence-corrected chi connectivity index (χ4v) is 2.54. The Morgan fingerprint density at radius 1 is 0.889 bits per heavy atom. The SMILES string of the molecule is O=C(Nc1nc(C(=O)Nc2ccc3ncccc3c2)co1)c1ccccc1. The number of anilines is 2. The molecule has 0 radical (unpaired) electrons. The normalized spacial score (nSPS) is 10.5. The molecule has 2 N–H and O–H groups in total. The van der Waals surface area contributed by atoms with E-state index in [-0.39, 0.29) is 17.6 Å². The van der Waals surface area contributed by atoms with E-state index < -0.39 is 5.91 Å². The number of fused-ring (bicyclic) bond motifs is 1. The molecule has 0 saturated heterocycles. The van der Waals surface area contributed by atoms with Gasteiger partial charge in [0, 0.05) is 22.8 Å². The van der Waals surface area contributed by atoms with Gasteiger partial charge >= 0.3 is 6.01 Å². The monoisotopic (exact) mass is 358 g/mol. The Morgan fingerprint density at radius 3 is 2.59 bits per heavy atom. The van der Waals surface area contributed by atoms with Gasteiger partial charge in [-0.3, -0.25) is 19.9 Å². The number of nitrogens with one attached hydrogen (secondary N) is 2. The molecule has 4 aromatic rings. The Morgan fingerprint density at radius 2 is 1.74 bits per heavy atom. The molecule has 2 amide bonds. The quantitative estimate of drug-likeness (QED) is 0.579. The highest BCUT2D eigenvalue weighted by atomic mass is 16.4. The minimum absolute atomic E-state index is 0.0447. The Kier molecular flexibility index (Phi) is 4.32. The highest BCUT2D eigenvalue weighted by Crippen LogP contribution is 2.18. The van der Waals surface area contributed by atoms with Crippen molar-refractivity contribution in [3.05, 3.63) is 84.4 Å². The first kappa shape index (κ1) is 16.5. The second-order valence-corrected chi connectivity index (χ2v) is 5.72. The molecule has 2 aromatic carbocycles. The number of aromatic nitrogens is 2. The van der Waals surface area contributed by atoms with Crippen molar-refractivity contribution in [3.8, 4) is 0 Å². The number of benzene rings is 2. The van der Waals surface area contributed by atoms with E-state index in [4.69, 9.17) is 4.42 Å². The van der Waals surface area contributed by atoms with Crippen LogP contribution in [0.5, 0.6) is 0 Å². The number of rotatable bonds is 4. The van der Waals surface area contributed by atoms with E-state index in [1.54, 1.807) is 36.5 Å². The van der Waals surface area contributed by atoms with Crippen LogP contribution in [0.15, 0.2) is 77.5 Å². The molecule has 4 rings (SSSR count). The second kappa shape index (κ2) is 7.09. The summed E-state index contributed by atoms with van der Waals surface area (Å²) in [6, 6.07) is 17.7. The van der Waals surface area contributed by atoms with Gasteiger partial charge in [-0.1, -0.05) is 24.3 Å². The molecule has 0 aliphatic heterocycles. The molecule has 0 atom stereocenters. The van der Waals surface area contributed by atoms with E-state index in [9.17, 15) is 9.59 Å². The third-order valence-electron chi connectivity index (χ3n) is 3.85. The van der Waals surface area contributed by atoms with E-state index in [0.717, 1.165) is 10.9 Å². The lowest BCUT2D eigenvalue weighted by Gasteiger charge is -2.04. The van der Waals surface area contributed by atoms with Gasteiger partial charge in [0.05, 0.1) is 5.52 Å². The van der Waals surface area contributed by atoms with Crippen LogP contribution in [0.3, 0.4) is 0 Å². The number of nitrogens with zero attached hydrogens (tertiary/aromatic N) is 2.